The molecule has 17 heavy (non-hydrogen) atoms. The summed E-state index contributed by atoms with van der Waals surface area (Å²) in [6.07, 6.45) is 2.34. The highest BCUT2D eigenvalue weighted by Crippen LogP contribution is 1.98. The minimum Gasteiger partial charge on any atom is -0.378 e. The van der Waals surface area contributed by atoms with Gasteiger partial charge in [-0.25, -0.2) is 0 Å². The maximum Gasteiger partial charge on any atom is 0.228 e. The standard InChI is InChI=1S/C10H16N4O3/c15-9(5-8-6-16-4-3-11-8)12-2-1-10-13-7-14-17-10/h7-8,11H,1-6H2,(H,12,15). The summed E-state index contributed by atoms with van der Waals surface area (Å²) in [6, 6.07) is 0.118. The molecule has 7 nitrogen and oxygen atoms in total. The molecule has 1 aromatic heterocycles. The highest BCUT2D eigenvalue weighted by molar-refractivity contribution is 5.76. The minimum absolute atomic E-state index is 0.00696. The van der Waals surface area contributed by atoms with Crippen molar-refractivity contribution >= 4 is 5.91 Å². The van der Waals surface area contributed by atoms with E-state index in [1.807, 2.05) is 0 Å². The van der Waals surface area contributed by atoms with E-state index in [2.05, 4.69) is 20.8 Å². The number of carbonyl (C=O) groups excluding carboxylic acids is 1. The third-order valence-electron chi connectivity index (χ3n) is 2.50. The number of carbonyl (C=O) groups is 1. The van der Waals surface area contributed by atoms with Crippen LogP contribution in [0.3, 0.4) is 0 Å². The van der Waals surface area contributed by atoms with Crippen molar-refractivity contribution in [2.24, 2.45) is 0 Å². The molecule has 1 unspecified atom stereocenters. The number of aromatic nitrogens is 2. The Labute approximate surface area is 98.9 Å². The third-order valence-corrected chi connectivity index (χ3v) is 2.50. The van der Waals surface area contributed by atoms with Gasteiger partial charge < -0.3 is 19.9 Å². The van der Waals surface area contributed by atoms with Crippen molar-refractivity contribution < 1.29 is 14.1 Å². The van der Waals surface area contributed by atoms with Crippen molar-refractivity contribution in [2.45, 2.75) is 18.9 Å². The summed E-state index contributed by atoms with van der Waals surface area (Å²) in [5.41, 5.74) is 0. The molecule has 2 rings (SSSR count). The van der Waals surface area contributed by atoms with Gasteiger partial charge >= 0.3 is 0 Å². The van der Waals surface area contributed by atoms with Gasteiger partial charge in [0.1, 0.15) is 0 Å². The Kier molecular flexibility index (Phi) is 4.45. The van der Waals surface area contributed by atoms with E-state index < -0.39 is 0 Å². The highest BCUT2D eigenvalue weighted by atomic mass is 16.5. The van der Waals surface area contributed by atoms with Crippen molar-refractivity contribution in [3.8, 4) is 0 Å². The molecule has 1 fully saturated rings. The normalized spacial score (nSPS) is 20.1. The van der Waals surface area contributed by atoms with Crippen LogP contribution in [0.15, 0.2) is 10.9 Å². The molecule has 1 atom stereocenters. The number of hydrogen-bond acceptors (Lipinski definition) is 6. The Morgan fingerprint density at radius 1 is 1.65 bits per heavy atom. The molecule has 0 aliphatic carbocycles. The van der Waals surface area contributed by atoms with Crippen molar-refractivity contribution in [3.63, 3.8) is 0 Å². The fourth-order valence-corrected chi connectivity index (χ4v) is 1.66. The predicted molar refractivity (Wildman–Crippen MR) is 58.2 cm³/mol. The Balaban J connectivity index is 1.60. The van der Waals surface area contributed by atoms with Crippen LogP contribution >= 0.6 is 0 Å². The van der Waals surface area contributed by atoms with Crippen LogP contribution in [0.4, 0.5) is 0 Å². The molecule has 0 saturated carbocycles. The highest BCUT2D eigenvalue weighted by Gasteiger charge is 2.16. The van der Waals surface area contributed by atoms with Gasteiger partial charge in [-0.05, 0) is 0 Å². The third kappa shape index (κ3) is 4.12. The van der Waals surface area contributed by atoms with Gasteiger partial charge in [-0.1, -0.05) is 5.16 Å². The lowest BCUT2D eigenvalue weighted by molar-refractivity contribution is -0.122. The van der Waals surface area contributed by atoms with Crippen molar-refractivity contribution in [1.29, 1.82) is 0 Å². The average Bonchev–Trinajstić information content (AvgIpc) is 2.83. The number of nitrogens with zero attached hydrogens (tertiary/aromatic N) is 2. The van der Waals surface area contributed by atoms with Crippen LogP contribution in [0, 0.1) is 0 Å². The molecule has 7 heteroatoms. The number of hydrogen-bond donors (Lipinski definition) is 2. The summed E-state index contributed by atoms with van der Waals surface area (Å²) in [4.78, 5) is 15.4. The maximum absolute atomic E-state index is 11.6. The quantitative estimate of drug-likeness (QED) is 0.694. The van der Waals surface area contributed by atoms with Crippen LogP contribution < -0.4 is 10.6 Å². The predicted octanol–water partition coefficient (Wildman–Crippen LogP) is -0.893. The van der Waals surface area contributed by atoms with E-state index in [4.69, 9.17) is 9.26 Å². The van der Waals surface area contributed by atoms with Crippen LogP contribution in [0.25, 0.3) is 0 Å². The SMILES string of the molecule is O=C(CC1COCCN1)NCCc1ncno1. The largest absolute Gasteiger partial charge is 0.378 e. The molecule has 0 spiro atoms. The molecule has 2 heterocycles. The first kappa shape index (κ1) is 12.0. The van der Waals surface area contributed by atoms with Crippen LogP contribution in [0.2, 0.25) is 0 Å². The summed E-state index contributed by atoms with van der Waals surface area (Å²) in [5.74, 6) is 0.539. The smallest absolute Gasteiger partial charge is 0.228 e. The molecular weight excluding hydrogens is 224 g/mol. The fourth-order valence-electron chi connectivity index (χ4n) is 1.66. The Morgan fingerprint density at radius 2 is 2.59 bits per heavy atom. The molecule has 1 saturated heterocycles. The Morgan fingerprint density at radius 3 is 3.29 bits per heavy atom. The van der Waals surface area contributed by atoms with Gasteiger partial charge in [-0.2, -0.15) is 4.98 Å². The zero-order valence-corrected chi connectivity index (χ0v) is 9.52. The molecule has 2 N–H and O–H groups in total. The summed E-state index contributed by atoms with van der Waals surface area (Å²) in [7, 11) is 0. The van der Waals surface area contributed by atoms with E-state index in [0.29, 0.717) is 31.9 Å². The summed E-state index contributed by atoms with van der Waals surface area (Å²) in [5, 5.41) is 9.52. The van der Waals surface area contributed by atoms with Gasteiger partial charge in [0, 0.05) is 32.0 Å². The van der Waals surface area contributed by atoms with Gasteiger partial charge in [0.25, 0.3) is 0 Å². The zero-order chi connectivity index (χ0) is 11.9. The molecule has 0 radical (unpaired) electrons. The van der Waals surface area contributed by atoms with E-state index in [9.17, 15) is 4.79 Å². The van der Waals surface area contributed by atoms with Crippen LogP contribution in [0.1, 0.15) is 12.3 Å². The number of amides is 1. The van der Waals surface area contributed by atoms with Gasteiger partial charge in [0.15, 0.2) is 6.33 Å². The monoisotopic (exact) mass is 240 g/mol. The van der Waals surface area contributed by atoms with Gasteiger partial charge in [0.2, 0.25) is 11.8 Å². The summed E-state index contributed by atoms with van der Waals surface area (Å²) < 4.78 is 10.1. The van der Waals surface area contributed by atoms with Crippen LogP contribution in [0.5, 0.6) is 0 Å². The second-order valence-corrected chi connectivity index (χ2v) is 3.87. The van der Waals surface area contributed by atoms with Gasteiger partial charge in [-0.3, -0.25) is 4.79 Å². The number of ether oxygens (including phenoxy) is 1. The first-order valence-corrected chi connectivity index (χ1v) is 5.68. The molecule has 94 valence electrons. The molecule has 1 aliphatic heterocycles. The first-order valence-electron chi connectivity index (χ1n) is 5.68. The first-order chi connectivity index (χ1) is 8.34. The van der Waals surface area contributed by atoms with Gasteiger partial charge in [-0.15, -0.1) is 0 Å². The number of rotatable bonds is 5. The summed E-state index contributed by atoms with van der Waals surface area (Å²) >= 11 is 0. The molecular formula is C10H16N4O3. The molecule has 1 aromatic rings. The molecule has 0 bridgehead atoms. The summed E-state index contributed by atoms with van der Waals surface area (Å²) in [6.45, 7) is 2.63. The number of nitrogens with one attached hydrogen (secondary N) is 2. The maximum atomic E-state index is 11.6. The Bertz CT molecular complexity index is 335. The second-order valence-electron chi connectivity index (χ2n) is 3.87. The molecule has 1 amide bonds. The number of morpholine rings is 1. The van der Waals surface area contributed by atoms with Crippen LogP contribution in [-0.4, -0.2) is 48.4 Å². The second kappa shape index (κ2) is 6.31. The lowest BCUT2D eigenvalue weighted by atomic mass is 10.2. The van der Waals surface area contributed by atoms with Crippen LogP contribution in [-0.2, 0) is 16.0 Å². The zero-order valence-electron chi connectivity index (χ0n) is 9.52. The van der Waals surface area contributed by atoms with Crippen molar-refractivity contribution in [1.82, 2.24) is 20.8 Å². The topological polar surface area (TPSA) is 89.3 Å². The lowest BCUT2D eigenvalue weighted by Crippen LogP contribution is -2.44. The van der Waals surface area contributed by atoms with E-state index in [1.54, 1.807) is 0 Å². The molecule has 0 aromatic carbocycles. The van der Waals surface area contributed by atoms with Gasteiger partial charge in [0.05, 0.1) is 13.2 Å². The minimum atomic E-state index is 0.00696. The van der Waals surface area contributed by atoms with E-state index in [0.717, 1.165) is 13.2 Å². The molecule has 1 aliphatic rings. The average molecular weight is 240 g/mol. The van der Waals surface area contributed by atoms with Crippen molar-refractivity contribution in [3.05, 3.63) is 12.2 Å². The lowest BCUT2D eigenvalue weighted by Gasteiger charge is -2.23. The van der Waals surface area contributed by atoms with E-state index in [-0.39, 0.29) is 11.9 Å². The van der Waals surface area contributed by atoms with E-state index >= 15 is 0 Å². The fraction of sp³-hybridized carbons (Fsp3) is 0.700. The van der Waals surface area contributed by atoms with Crippen molar-refractivity contribution in [2.75, 3.05) is 26.3 Å². The van der Waals surface area contributed by atoms with E-state index in [1.165, 1.54) is 6.33 Å². The Hall–Kier alpha value is -1.47.